The summed E-state index contributed by atoms with van der Waals surface area (Å²) in [6.07, 6.45) is 1.93. The van der Waals surface area contributed by atoms with Gasteiger partial charge in [0.05, 0.1) is 17.5 Å². The van der Waals surface area contributed by atoms with Crippen LogP contribution in [0.2, 0.25) is 10.0 Å². The molecule has 4 rings (SSSR count). The predicted molar refractivity (Wildman–Crippen MR) is 75.9 cm³/mol. The summed E-state index contributed by atoms with van der Waals surface area (Å²) in [5.41, 5.74) is 0.478. The van der Waals surface area contributed by atoms with Crippen molar-refractivity contribution in [3.8, 4) is 0 Å². The molecule has 3 fully saturated rings. The molecule has 4 atom stereocenters. The number of rotatable bonds is 1. The van der Waals surface area contributed by atoms with E-state index in [1.165, 1.54) is 4.90 Å². The highest BCUT2D eigenvalue weighted by Crippen LogP contribution is 2.46. The Balaban J connectivity index is 1.76. The van der Waals surface area contributed by atoms with Crippen molar-refractivity contribution < 1.29 is 9.59 Å². The Morgan fingerprint density at radius 3 is 1.95 bits per heavy atom. The van der Waals surface area contributed by atoms with Gasteiger partial charge >= 0.3 is 0 Å². The van der Waals surface area contributed by atoms with Crippen molar-refractivity contribution in [2.24, 2.45) is 11.8 Å². The van der Waals surface area contributed by atoms with Gasteiger partial charge < -0.3 is 5.32 Å². The summed E-state index contributed by atoms with van der Waals surface area (Å²) < 4.78 is 0. The SMILES string of the molecule is O=C1C2C3CCC(N3)C2C(=O)N1c1cc(Cl)cc(Cl)c1. The van der Waals surface area contributed by atoms with E-state index in [0.29, 0.717) is 15.7 Å². The molecule has 104 valence electrons. The van der Waals surface area contributed by atoms with E-state index in [1.54, 1.807) is 18.2 Å². The lowest BCUT2D eigenvalue weighted by atomic mass is 9.81. The number of nitrogens with one attached hydrogen (secondary N) is 1. The van der Waals surface area contributed by atoms with Crippen LogP contribution in [0, 0.1) is 11.8 Å². The van der Waals surface area contributed by atoms with Crippen LogP contribution in [0.3, 0.4) is 0 Å². The monoisotopic (exact) mass is 310 g/mol. The van der Waals surface area contributed by atoms with Crippen LogP contribution in [0.25, 0.3) is 0 Å². The molecular formula is C14H12Cl2N2O2. The van der Waals surface area contributed by atoms with Crippen LogP contribution in [0.15, 0.2) is 18.2 Å². The van der Waals surface area contributed by atoms with Gasteiger partial charge in [0.15, 0.2) is 0 Å². The number of hydrogen-bond donors (Lipinski definition) is 1. The molecule has 2 amide bonds. The molecule has 0 aromatic heterocycles. The van der Waals surface area contributed by atoms with Crippen molar-refractivity contribution in [3.63, 3.8) is 0 Å². The second-order valence-corrected chi connectivity index (χ2v) is 6.52. The summed E-state index contributed by atoms with van der Waals surface area (Å²) in [4.78, 5) is 26.4. The molecule has 0 saturated carbocycles. The zero-order valence-electron chi connectivity index (χ0n) is 10.5. The number of imide groups is 1. The number of amides is 2. The molecule has 1 aromatic rings. The van der Waals surface area contributed by atoms with Gasteiger partial charge in [0.25, 0.3) is 0 Å². The fourth-order valence-corrected chi connectivity index (χ4v) is 4.36. The molecule has 3 heterocycles. The normalized spacial score (nSPS) is 35.0. The molecule has 1 N–H and O–H groups in total. The molecule has 2 bridgehead atoms. The molecule has 20 heavy (non-hydrogen) atoms. The lowest BCUT2D eigenvalue weighted by molar-refractivity contribution is -0.122. The maximum Gasteiger partial charge on any atom is 0.239 e. The lowest BCUT2D eigenvalue weighted by Crippen LogP contribution is -2.37. The minimum atomic E-state index is -0.223. The van der Waals surface area contributed by atoms with Gasteiger partial charge in [0.1, 0.15) is 0 Å². The maximum absolute atomic E-state index is 12.6. The Morgan fingerprint density at radius 1 is 0.950 bits per heavy atom. The largest absolute Gasteiger partial charge is 0.310 e. The summed E-state index contributed by atoms with van der Waals surface area (Å²) in [6, 6.07) is 5.09. The van der Waals surface area contributed by atoms with E-state index in [-0.39, 0.29) is 35.7 Å². The predicted octanol–water partition coefficient (Wildman–Crippen LogP) is 2.23. The third-order valence-electron chi connectivity index (χ3n) is 4.59. The average Bonchev–Trinajstić information content (AvgIpc) is 3.02. The van der Waals surface area contributed by atoms with Crippen molar-refractivity contribution in [2.75, 3.05) is 4.90 Å². The summed E-state index contributed by atoms with van der Waals surface area (Å²) in [6.45, 7) is 0. The molecule has 3 aliphatic rings. The number of fused-ring (bicyclic) bond motifs is 5. The van der Waals surface area contributed by atoms with E-state index in [1.807, 2.05) is 0 Å². The number of anilines is 1. The highest BCUT2D eigenvalue weighted by molar-refractivity contribution is 6.35. The Labute approximate surface area is 126 Å². The average molecular weight is 311 g/mol. The summed E-state index contributed by atoms with van der Waals surface area (Å²) in [5, 5.41) is 4.21. The van der Waals surface area contributed by atoms with Gasteiger partial charge in [-0.3, -0.25) is 9.59 Å². The van der Waals surface area contributed by atoms with Crippen LogP contribution in [0.4, 0.5) is 5.69 Å². The molecule has 0 spiro atoms. The highest BCUT2D eigenvalue weighted by atomic mass is 35.5. The van der Waals surface area contributed by atoms with Crippen LogP contribution in [-0.2, 0) is 9.59 Å². The molecule has 3 aliphatic heterocycles. The van der Waals surface area contributed by atoms with Crippen LogP contribution in [0.5, 0.6) is 0 Å². The minimum Gasteiger partial charge on any atom is -0.310 e. The number of halogens is 2. The van der Waals surface area contributed by atoms with Crippen LogP contribution in [0.1, 0.15) is 12.8 Å². The van der Waals surface area contributed by atoms with Crippen molar-refractivity contribution in [3.05, 3.63) is 28.2 Å². The number of benzene rings is 1. The summed E-state index contributed by atoms with van der Waals surface area (Å²) in [7, 11) is 0. The van der Waals surface area contributed by atoms with Gasteiger partial charge in [0, 0.05) is 22.1 Å². The Bertz CT molecular complexity index is 585. The number of carbonyl (C=O) groups excluding carboxylic acids is 2. The fraction of sp³-hybridized carbons (Fsp3) is 0.429. The van der Waals surface area contributed by atoms with Gasteiger partial charge in [-0.15, -0.1) is 0 Å². The lowest BCUT2D eigenvalue weighted by Gasteiger charge is -2.18. The van der Waals surface area contributed by atoms with Gasteiger partial charge in [-0.1, -0.05) is 23.2 Å². The minimum absolute atomic E-state index is 0.127. The quantitative estimate of drug-likeness (QED) is 0.809. The van der Waals surface area contributed by atoms with Gasteiger partial charge in [-0.05, 0) is 31.0 Å². The topological polar surface area (TPSA) is 49.4 Å². The zero-order valence-corrected chi connectivity index (χ0v) is 12.0. The molecule has 4 unspecified atom stereocenters. The van der Waals surface area contributed by atoms with Crippen LogP contribution < -0.4 is 10.2 Å². The Hall–Kier alpha value is -1.10. The highest BCUT2D eigenvalue weighted by Gasteiger charge is 2.61. The molecule has 4 nitrogen and oxygen atoms in total. The molecule has 1 aromatic carbocycles. The van der Waals surface area contributed by atoms with E-state index in [4.69, 9.17) is 23.2 Å². The Morgan fingerprint density at radius 2 is 1.45 bits per heavy atom. The first-order valence-corrected chi connectivity index (χ1v) is 7.42. The zero-order chi connectivity index (χ0) is 14.0. The molecule has 0 aliphatic carbocycles. The van der Waals surface area contributed by atoms with Crippen LogP contribution in [-0.4, -0.2) is 23.9 Å². The van der Waals surface area contributed by atoms with E-state index in [9.17, 15) is 9.59 Å². The second kappa shape index (κ2) is 4.20. The van der Waals surface area contributed by atoms with E-state index < -0.39 is 0 Å². The summed E-state index contributed by atoms with van der Waals surface area (Å²) in [5.74, 6) is -0.700. The van der Waals surface area contributed by atoms with Crippen molar-refractivity contribution in [1.29, 1.82) is 0 Å². The summed E-state index contributed by atoms with van der Waals surface area (Å²) >= 11 is 11.9. The first-order valence-electron chi connectivity index (χ1n) is 6.66. The number of hydrogen-bond acceptors (Lipinski definition) is 3. The standard InChI is InChI=1S/C14H12Cl2N2O2/c15-6-3-7(16)5-8(4-6)18-13(19)11-9-1-2-10(17-9)12(11)14(18)20/h3-5,9-12,17H,1-2H2. The number of carbonyl (C=O) groups is 2. The Kier molecular flexibility index (Phi) is 2.65. The molecule has 0 radical (unpaired) electrons. The smallest absolute Gasteiger partial charge is 0.239 e. The fourth-order valence-electron chi connectivity index (χ4n) is 3.85. The molecule has 6 heteroatoms. The van der Waals surface area contributed by atoms with Crippen molar-refractivity contribution in [2.45, 2.75) is 24.9 Å². The van der Waals surface area contributed by atoms with E-state index in [0.717, 1.165) is 12.8 Å². The first kappa shape index (κ1) is 12.6. The van der Waals surface area contributed by atoms with E-state index >= 15 is 0 Å². The third kappa shape index (κ3) is 1.59. The maximum atomic E-state index is 12.6. The number of nitrogens with zero attached hydrogens (tertiary/aromatic N) is 1. The second-order valence-electron chi connectivity index (χ2n) is 5.65. The first-order chi connectivity index (χ1) is 9.56. The van der Waals surface area contributed by atoms with Gasteiger partial charge in [0.2, 0.25) is 11.8 Å². The molecule has 3 saturated heterocycles. The van der Waals surface area contributed by atoms with Gasteiger partial charge in [-0.25, -0.2) is 4.90 Å². The van der Waals surface area contributed by atoms with Crippen molar-refractivity contribution >= 4 is 40.7 Å². The van der Waals surface area contributed by atoms with Crippen molar-refractivity contribution in [1.82, 2.24) is 5.32 Å². The third-order valence-corrected chi connectivity index (χ3v) is 5.02. The van der Waals surface area contributed by atoms with Gasteiger partial charge in [-0.2, -0.15) is 0 Å². The van der Waals surface area contributed by atoms with Crippen LogP contribution >= 0.6 is 23.2 Å². The van der Waals surface area contributed by atoms with E-state index in [2.05, 4.69) is 5.32 Å². The molecular weight excluding hydrogens is 299 g/mol.